The van der Waals surface area contributed by atoms with Crippen LogP contribution in [-0.2, 0) is 5.41 Å². The molecule has 2 atom stereocenters. The third-order valence-corrected chi connectivity index (χ3v) is 5.55. The summed E-state index contributed by atoms with van der Waals surface area (Å²) < 4.78 is 7.73. The summed E-state index contributed by atoms with van der Waals surface area (Å²) in [5.41, 5.74) is -0.0403. The lowest BCUT2D eigenvalue weighted by atomic mass is 9.80. The zero-order valence-corrected chi connectivity index (χ0v) is 14.0. The van der Waals surface area contributed by atoms with Crippen LogP contribution in [0.3, 0.4) is 0 Å². The van der Waals surface area contributed by atoms with Gasteiger partial charge in [0, 0.05) is 38.5 Å². The van der Waals surface area contributed by atoms with Gasteiger partial charge in [0.1, 0.15) is 24.3 Å². The molecule has 8 heteroatoms. The van der Waals surface area contributed by atoms with Gasteiger partial charge >= 0.3 is 0 Å². The molecule has 0 unspecified atom stereocenters. The second-order valence-electron chi connectivity index (χ2n) is 6.96. The van der Waals surface area contributed by atoms with Crippen LogP contribution in [0.1, 0.15) is 31.0 Å². The maximum atomic E-state index is 5.84. The second-order valence-corrected chi connectivity index (χ2v) is 6.96. The van der Waals surface area contributed by atoms with Crippen molar-refractivity contribution in [3.05, 3.63) is 42.9 Å². The average Bonchev–Trinajstić information content (AvgIpc) is 3.38. The molecule has 4 heterocycles. The first kappa shape index (κ1) is 14.6. The SMILES string of the molecule is Cc1nnc([C@]23CCC[C@H]2CN(c2cc(-n4ccnc4)ncn2)C3)o1. The molecule has 0 amide bonds. The van der Waals surface area contributed by atoms with Gasteiger partial charge in [-0.15, -0.1) is 10.2 Å². The molecule has 2 aliphatic rings. The summed E-state index contributed by atoms with van der Waals surface area (Å²) in [5.74, 6) is 3.71. The first-order valence-electron chi connectivity index (χ1n) is 8.60. The van der Waals surface area contributed by atoms with Crippen LogP contribution in [0.25, 0.3) is 5.82 Å². The molecule has 0 radical (unpaired) electrons. The van der Waals surface area contributed by atoms with E-state index in [-0.39, 0.29) is 5.41 Å². The van der Waals surface area contributed by atoms with Crippen molar-refractivity contribution in [3.8, 4) is 5.82 Å². The van der Waals surface area contributed by atoms with E-state index in [2.05, 4.69) is 30.0 Å². The van der Waals surface area contributed by atoms with Gasteiger partial charge in [0.05, 0.1) is 5.41 Å². The molecule has 2 fully saturated rings. The molecule has 1 saturated carbocycles. The summed E-state index contributed by atoms with van der Waals surface area (Å²) in [6, 6.07) is 2.01. The molecule has 0 N–H and O–H groups in total. The predicted octanol–water partition coefficient (Wildman–Crippen LogP) is 1.91. The number of nitrogens with zero attached hydrogens (tertiary/aromatic N) is 7. The van der Waals surface area contributed by atoms with Gasteiger partial charge in [0.15, 0.2) is 0 Å². The molecular formula is C17H19N7O. The van der Waals surface area contributed by atoms with E-state index in [1.165, 1.54) is 12.8 Å². The highest BCUT2D eigenvalue weighted by Crippen LogP contribution is 2.50. The Bertz CT molecular complexity index is 890. The Morgan fingerprint density at radius 2 is 2.16 bits per heavy atom. The van der Waals surface area contributed by atoms with Gasteiger partial charge in [-0.3, -0.25) is 4.57 Å². The van der Waals surface area contributed by atoms with Gasteiger partial charge in [-0.25, -0.2) is 15.0 Å². The molecule has 0 bridgehead atoms. The lowest BCUT2D eigenvalue weighted by molar-refractivity contribution is 0.299. The van der Waals surface area contributed by atoms with E-state index in [9.17, 15) is 0 Å². The molecule has 3 aromatic heterocycles. The molecule has 1 aliphatic carbocycles. The molecule has 1 aliphatic heterocycles. The maximum Gasteiger partial charge on any atom is 0.224 e. The number of hydrogen-bond donors (Lipinski definition) is 0. The number of aromatic nitrogens is 6. The fourth-order valence-corrected chi connectivity index (χ4v) is 4.36. The lowest BCUT2D eigenvalue weighted by Gasteiger charge is -2.24. The largest absolute Gasteiger partial charge is 0.425 e. The molecule has 5 rings (SSSR count). The van der Waals surface area contributed by atoms with Crippen molar-refractivity contribution in [3.63, 3.8) is 0 Å². The molecule has 25 heavy (non-hydrogen) atoms. The standard InChI is InChI=1S/C17H19N7O/c1-12-21-22-16(25-12)17-4-2-3-13(17)8-24(9-17)15-7-14(19-10-20-15)23-6-5-18-11-23/h5-7,10-11,13H,2-4,8-9H2,1H3/t13-,17-/m0/s1. The summed E-state index contributed by atoms with van der Waals surface area (Å²) in [5, 5.41) is 8.42. The van der Waals surface area contributed by atoms with E-state index in [0.717, 1.165) is 37.0 Å². The quantitative estimate of drug-likeness (QED) is 0.721. The van der Waals surface area contributed by atoms with Gasteiger partial charge in [-0.05, 0) is 18.8 Å². The van der Waals surface area contributed by atoms with Crippen LogP contribution in [0.2, 0.25) is 0 Å². The third kappa shape index (κ3) is 2.24. The van der Waals surface area contributed by atoms with Crippen LogP contribution in [0.15, 0.2) is 35.5 Å². The molecule has 8 nitrogen and oxygen atoms in total. The van der Waals surface area contributed by atoms with Crippen molar-refractivity contribution < 1.29 is 4.42 Å². The normalized spacial score (nSPS) is 25.5. The van der Waals surface area contributed by atoms with E-state index in [1.54, 1.807) is 18.9 Å². The van der Waals surface area contributed by atoms with Gasteiger partial charge in [0.25, 0.3) is 0 Å². The molecular weight excluding hydrogens is 318 g/mol. The first-order valence-corrected chi connectivity index (χ1v) is 8.60. The third-order valence-electron chi connectivity index (χ3n) is 5.55. The van der Waals surface area contributed by atoms with Gasteiger partial charge < -0.3 is 9.32 Å². The summed E-state index contributed by atoms with van der Waals surface area (Å²) >= 11 is 0. The fraction of sp³-hybridized carbons (Fsp3) is 0.471. The predicted molar refractivity (Wildman–Crippen MR) is 89.4 cm³/mol. The summed E-state index contributed by atoms with van der Waals surface area (Å²) in [6.07, 6.45) is 10.5. The van der Waals surface area contributed by atoms with Crippen LogP contribution in [-0.4, -0.2) is 42.8 Å². The fourth-order valence-electron chi connectivity index (χ4n) is 4.36. The van der Waals surface area contributed by atoms with Crippen LogP contribution in [0.4, 0.5) is 5.82 Å². The van der Waals surface area contributed by atoms with E-state index in [1.807, 2.05) is 23.8 Å². The molecule has 0 spiro atoms. The van der Waals surface area contributed by atoms with Gasteiger partial charge in [0.2, 0.25) is 11.8 Å². The first-order chi connectivity index (χ1) is 12.2. The monoisotopic (exact) mass is 337 g/mol. The number of fused-ring (bicyclic) bond motifs is 1. The van der Waals surface area contributed by atoms with E-state index < -0.39 is 0 Å². The zero-order chi connectivity index (χ0) is 16.9. The maximum absolute atomic E-state index is 5.84. The smallest absolute Gasteiger partial charge is 0.224 e. The van der Waals surface area contributed by atoms with Crippen molar-refractivity contribution in [2.75, 3.05) is 18.0 Å². The number of anilines is 1. The minimum Gasteiger partial charge on any atom is -0.425 e. The summed E-state index contributed by atoms with van der Waals surface area (Å²) in [6.45, 7) is 3.67. The molecule has 128 valence electrons. The highest BCUT2D eigenvalue weighted by molar-refractivity contribution is 5.47. The van der Waals surface area contributed by atoms with Gasteiger partial charge in [-0.1, -0.05) is 6.42 Å². The second kappa shape index (κ2) is 5.37. The average molecular weight is 337 g/mol. The number of rotatable bonds is 3. The Kier molecular flexibility index (Phi) is 3.13. The number of aryl methyl sites for hydroxylation is 1. The zero-order valence-electron chi connectivity index (χ0n) is 14.0. The Hall–Kier alpha value is -2.77. The number of hydrogen-bond acceptors (Lipinski definition) is 7. The molecule has 1 saturated heterocycles. The highest BCUT2D eigenvalue weighted by atomic mass is 16.4. The Morgan fingerprint density at radius 3 is 2.96 bits per heavy atom. The summed E-state index contributed by atoms with van der Waals surface area (Å²) in [7, 11) is 0. The minimum absolute atomic E-state index is 0.0403. The molecule has 3 aromatic rings. The van der Waals surface area contributed by atoms with E-state index in [0.29, 0.717) is 11.8 Å². The van der Waals surface area contributed by atoms with E-state index in [4.69, 9.17) is 4.42 Å². The van der Waals surface area contributed by atoms with Crippen LogP contribution in [0.5, 0.6) is 0 Å². The number of imidazole rings is 1. The van der Waals surface area contributed by atoms with Crippen molar-refractivity contribution in [2.45, 2.75) is 31.6 Å². The van der Waals surface area contributed by atoms with Crippen molar-refractivity contribution in [2.24, 2.45) is 5.92 Å². The Labute approximate surface area is 144 Å². The molecule has 0 aromatic carbocycles. The van der Waals surface area contributed by atoms with Crippen LogP contribution >= 0.6 is 0 Å². The van der Waals surface area contributed by atoms with Crippen molar-refractivity contribution in [1.29, 1.82) is 0 Å². The van der Waals surface area contributed by atoms with Crippen molar-refractivity contribution in [1.82, 2.24) is 29.7 Å². The lowest BCUT2D eigenvalue weighted by Crippen LogP contribution is -2.32. The summed E-state index contributed by atoms with van der Waals surface area (Å²) in [4.78, 5) is 15.3. The Balaban J connectivity index is 1.48. The van der Waals surface area contributed by atoms with E-state index >= 15 is 0 Å². The Morgan fingerprint density at radius 1 is 1.24 bits per heavy atom. The van der Waals surface area contributed by atoms with Gasteiger partial charge in [-0.2, -0.15) is 0 Å². The van der Waals surface area contributed by atoms with Crippen LogP contribution < -0.4 is 4.90 Å². The van der Waals surface area contributed by atoms with Crippen LogP contribution in [0, 0.1) is 12.8 Å². The van der Waals surface area contributed by atoms with Crippen molar-refractivity contribution >= 4 is 5.82 Å². The topological polar surface area (TPSA) is 85.8 Å². The minimum atomic E-state index is -0.0403. The highest BCUT2D eigenvalue weighted by Gasteiger charge is 2.54.